The number of aliphatic imine (C=N–C) groups is 1. The average molecular weight is 462 g/mol. The van der Waals surface area contributed by atoms with Crippen molar-refractivity contribution >= 4 is 17.9 Å². The molecule has 6 atom stereocenters. The van der Waals surface area contributed by atoms with Gasteiger partial charge in [-0.15, -0.1) is 0 Å². The number of ether oxygens (including phenoxy) is 2. The molecule has 11 heteroatoms. The van der Waals surface area contributed by atoms with Crippen molar-refractivity contribution in [1.82, 2.24) is 0 Å². The lowest BCUT2D eigenvalue weighted by Gasteiger charge is -2.39. The van der Waals surface area contributed by atoms with E-state index < -0.39 is 49.3 Å². The van der Waals surface area contributed by atoms with Crippen molar-refractivity contribution in [2.45, 2.75) is 49.6 Å². The summed E-state index contributed by atoms with van der Waals surface area (Å²) in [4.78, 5) is 17.5. The summed E-state index contributed by atoms with van der Waals surface area (Å²) in [6.07, 6.45) is 0.440. The van der Waals surface area contributed by atoms with Crippen LogP contribution in [-0.4, -0.2) is 92.7 Å². The minimum absolute atomic E-state index is 0.0979. The summed E-state index contributed by atoms with van der Waals surface area (Å²) >= 11 is 0. The van der Waals surface area contributed by atoms with Gasteiger partial charge in [-0.1, -0.05) is 0 Å². The summed E-state index contributed by atoms with van der Waals surface area (Å²) in [5.74, 6) is -1.47. The number of phenols is 1. The predicted molar refractivity (Wildman–Crippen MR) is 115 cm³/mol. The third kappa shape index (κ3) is 4.59. The van der Waals surface area contributed by atoms with E-state index in [1.54, 1.807) is 17.3 Å². The maximum atomic E-state index is 11.9. The Morgan fingerprint density at radius 3 is 2.70 bits per heavy atom. The number of nitrogens with zero attached hydrogens (tertiary/aromatic N) is 2. The lowest BCUT2D eigenvalue weighted by atomic mass is 9.99. The molecule has 11 nitrogen and oxygen atoms in total. The van der Waals surface area contributed by atoms with Crippen LogP contribution in [0.5, 0.6) is 11.5 Å². The largest absolute Gasteiger partial charge is 0.504 e. The van der Waals surface area contributed by atoms with Gasteiger partial charge in [-0.05, 0) is 35.8 Å². The normalized spacial score (nSPS) is 31.5. The highest BCUT2D eigenvalue weighted by molar-refractivity contribution is 5.84. The molecule has 0 aliphatic carbocycles. The van der Waals surface area contributed by atoms with Crippen LogP contribution in [0.4, 0.5) is 5.69 Å². The summed E-state index contributed by atoms with van der Waals surface area (Å²) in [5.41, 5.74) is 2.07. The van der Waals surface area contributed by atoms with Gasteiger partial charge in [-0.3, -0.25) is 4.99 Å². The van der Waals surface area contributed by atoms with Crippen molar-refractivity contribution in [3.05, 3.63) is 41.6 Å². The first kappa shape index (κ1) is 23.2. The SMILES string of the molecule is O=C(O)[C@H]1Cc2cc(O[C@@H]3O[C@H](CO)[C@@H](O)[C@H](O)[C@H]3O)c(O)cc2N1/C=C/C1=CC=NCC1. The Kier molecular flexibility index (Phi) is 6.68. The molecule has 0 spiro atoms. The number of carboxylic acids is 1. The van der Waals surface area contributed by atoms with Crippen molar-refractivity contribution in [1.29, 1.82) is 0 Å². The van der Waals surface area contributed by atoms with E-state index in [1.807, 2.05) is 12.2 Å². The van der Waals surface area contributed by atoms with E-state index in [1.165, 1.54) is 12.1 Å². The number of dihydropyridines is 1. The quantitative estimate of drug-likeness (QED) is 0.317. The van der Waals surface area contributed by atoms with Crippen LogP contribution in [0.1, 0.15) is 12.0 Å². The standard InChI is InChI=1S/C22H26N2O9/c25-10-17-18(27)19(28)20(29)22(33-17)32-16-8-12-7-14(21(30)31)24(13(12)9-15(16)26)6-3-11-1-4-23-5-2-11/h1,3-4,6,8-9,14,17-20,22,25-29H,2,5,7,10H2,(H,30,31)/b6-3+/t14-,17-,18-,19+,20-,22-/m1/s1. The summed E-state index contributed by atoms with van der Waals surface area (Å²) in [5, 5.41) is 59.6. The van der Waals surface area contributed by atoms with Crippen LogP contribution < -0.4 is 9.64 Å². The molecule has 178 valence electrons. The number of hydrogen-bond donors (Lipinski definition) is 6. The maximum absolute atomic E-state index is 11.9. The van der Waals surface area contributed by atoms with Gasteiger partial charge in [-0.25, -0.2) is 4.79 Å². The zero-order chi connectivity index (χ0) is 23.7. The molecule has 0 saturated carbocycles. The molecule has 6 N–H and O–H groups in total. The Balaban J connectivity index is 1.59. The Morgan fingerprint density at radius 1 is 1.24 bits per heavy atom. The van der Waals surface area contributed by atoms with E-state index in [2.05, 4.69) is 4.99 Å². The van der Waals surface area contributed by atoms with Crippen molar-refractivity contribution in [2.75, 3.05) is 18.1 Å². The zero-order valence-corrected chi connectivity index (χ0v) is 17.6. The second-order valence-electron chi connectivity index (χ2n) is 8.09. The van der Waals surface area contributed by atoms with Crippen LogP contribution in [0, 0.1) is 0 Å². The fraction of sp³-hybridized carbons (Fsp3) is 0.455. The van der Waals surface area contributed by atoms with Crippen molar-refractivity contribution in [3.63, 3.8) is 0 Å². The monoisotopic (exact) mass is 462 g/mol. The fourth-order valence-corrected chi connectivity index (χ4v) is 4.07. The van der Waals surface area contributed by atoms with E-state index in [0.29, 0.717) is 17.8 Å². The average Bonchev–Trinajstić information content (AvgIpc) is 3.16. The summed E-state index contributed by atoms with van der Waals surface area (Å²) in [6.45, 7) is 0.0411. The Hall–Kier alpha value is -2.96. The Labute approximate surface area is 189 Å². The third-order valence-electron chi connectivity index (χ3n) is 5.94. The highest BCUT2D eigenvalue weighted by Gasteiger charge is 2.45. The molecule has 1 aromatic rings. The molecule has 1 saturated heterocycles. The molecule has 1 aromatic carbocycles. The number of anilines is 1. The number of aliphatic hydroxyl groups is 4. The van der Waals surface area contributed by atoms with Gasteiger partial charge in [-0.2, -0.15) is 0 Å². The lowest BCUT2D eigenvalue weighted by molar-refractivity contribution is -0.277. The van der Waals surface area contributed by atoms with Gasteiger partial charge in [0.05, 0.1) is 6.61 Å². The molecule has 0 radical (unpaired) electrons. The van der Waals surface area contributed by atoms with Crippen molar-refractivity contribution in [3.8, 4) is 11.5 Å². The number of aliphatic carboxylic acids is 1. The lowest BCUT2D eigenvalue weighted by Crippen LogP contribution is -2.60. The van der Waals surface area contributed by atoms with Crippen LogP contribution in [0.3, 0.4) is 0 Å². The third-order valence-corrected chi connectivity index (χ3v) is 5.94. The molecule has 3 aliphatic rings. The Bertz CT molecular complexity index is 990. The number of hydrogen-bond acceptors (Lipinski definition) is 10. The van der Waals surface area contributed by atoms with Crippen LogP contribution in [0.15, 0.2) is 41.1 Å². The first-order chi connectivity index (χ1) is 15.8. The predicted octanol–water partition coefficient (Wildman–Crippen LogP) is -0.699. The zero-order valence-electron chi connectivity index (χ0n) is 17.6. The smallest absolute Gasteiger partial charge is 0.327 e. The molecule has 4 rings (SSSR count). The molecule has 0 aromatic heterocycles. The minimum Gasteiger partial charge on any atom is -0.504 e. The number of rotatable bonds is 6. The van der Waals surface area contributed by atoms with E-state index in [0.717, 1.165) is 12.0 Å². The maximum Gasteiger partial charge on any atom is 0.327 e. The second kappa shape index (κ2) is 9.49. The van der Waals surface area contributed by atoms with Gasteiger partial charge in [0.1, 0.15) is 30.5 Å². The number of phenolic OH excluding ortho intramolecular Hbond substituents is 1. The number of allylic oxidation sites excluding steroid dienone is 2. The molecule has 1 fully saturated rings. The number of carbonyl (C=O) groups is 1. The molecule has 3 aliphatic heterocycles. The first-order valence-corrected chi connectivity index (χ1v) is 10.5. The van der Waals surface area contributed by atoms with Crippen molar-refractivity contribution < 1.29 is 44.9 Å². The first-order valence-electron chi connectivity index (χ1n) is 10.5. The number of fused-ring (bicyclic) bond motifs is 1. The molecule has 0 amide bonds. The van der Waals surface area contributed by atoms with E-state index in [-0.39, 0.29) is 17.9 Å². The highest BCUT2D eigenvalue weighted by atomic mass is 16.7. The topological polar surface area (TPSA) is 173 Å². The second-order valence-corrected chi connectivity index (χ2v) is 8.09. The van der Waals surface area contributed by atoms with Crippen molar-refractivity contribution in [2.24, 2.45) is 4.99 Å². The summed E-state index contributed by atoms with van der Waals surface area (Å²) in [7, 11) is 0. The molecule has 0 unspecified atom stereocenters. The summed E-state index contributed by atoms with van der Waals surface area (Å²) < 4.78 is 10.9. The molecule has 0 bridgehead atoms. The minimum atomic E-state index is -1.64. The molecule has 3 heterocycles. The molecular formula is C22H26N2O9. The van der Waals surface area contributed by atoms with Crippen LogP contribution in [0.25, 0.3) is 0 Å². The van der Waals surface area contributed by atoms with Gasteiger partial charge in [0.25, 0.3) is 0 Å². The van der Waals surface area contributed by atoms with Gasteiger partial charge in [0.15, 0.2) is 11.5 Å². The van der Waals surface area contributed by atoms with E-state index in [4.69, 9.17) is 9.47 Å². The van der Waals surface area contributed by atoms with E-state index >= 15 is 0 Å². The number of benzene rings is 1. The molecule has 33 heavy (non-hydrogen) atoms. The fourth-order valence-electron chi connectivity index (χ4n) is 4.07. The van der Waals surface area contributed by atoms with Gasteiger partial charge >= 0.3 is 5.97 Å². The van der Waals surface area contributed by atoms with Crippen LogP contribution in [-0.2, 0) is 16.0 Å². The molecular weight excluding hydrogens is 436 g/mol. The Morgan fingerprint density at radius 2 is 2.03 bits per heavy atom. The van der Waals surface area contributed by atoms with Gasteiger partial charge in [0, 0.05) is 37.1 Å². The van der Waals surface area contributed by atoms with Crippen LogP contribution in [0.2, 0.25) is 0 Å². The highest BCUT2D eigenvalue weighted by Crippen LogP contribution is 2.41. The van der Waals surface area contributed by atoms with Crippen LogP contribution >= 0.6 is 0 Å². The van der Waals surface area contributed by atoms with Gasteiger partial charge < -0.3 is 45.0 Å². The number of carboxylic acid groups (broad SMARTS) is 1. The number of aromatic hydroxyl groups is 1. The summed E-state index contributed by atoms with van der Waals surface area (Å²) in [6, 6.07) is 1.91. The van der Waals surface area contributed by atoms with E-state index in [9.17, 15) is 35.4 Å². The number of aliphatic hydroxyl groups excluding tert-OH is 4. The van der Waals surface area contributed by atoms with Gasteiger partial charge in [0.2, 0.25) is 6.29 Å².